The Labute approximate surface area is 263 Å². The average molecular weight is 704 g/mol. The number of hydrogen-bond donors (Lipinski definition) is 6. The van der Waals surface area contributed by atoms with Crippen LogP contribution in [0.25, 0.3) is 11.2 Å². The molecular formula is C23H30N8O14P2. The Morgan fingerprint density at radius 2 is 1.85 bits per heavy atom. The van der Waals surface area contributed by atoms with Crippen molar-refractivity contribution in [3.8, 4) is 0 Å². The van der Waals surface area contributed by atoms with Crippen molar-refractivity contribution in [2.75, 3.05) is 24.7 Å². The summed E-state index contributed by atoms with van der Waals surface area (Å²) in [7, 11) is -10.1. The minimum atomic E-state index is -5.08. The van der Waals surface area contributed by atoms with Gasteiger partial charge >= 0.3 is 27.3 Å². The first kappa shape index (κ1) is 34.7. The molecule has 2 aliphatic rings. The molecule has 0 aromatic carbocycles. The standard InChI is InChI=1S/C23H30N8O14P2/c1-2-3-16(32)44-19-13(43-22(18(19)33)31-10-28-17-20(25)26-9-27-21(17)31)8-41-47(38,39)45-11-6-15(30-5-4-14(24)29-23(30)34)42-12(11)7-40-46(35,36)37/h2,4-5,9-13,15,18-19,22,33H,1,3,6-8H2,(H,38,39)(H2,24,29,34)(H2,25,26,27)(H2,35,36,37)/t11-,12+,13?,15+,18?,19?,22?/m0/s1. The molecule has 0 amide bonds. The first-order valence-corrected chi connectivity index (χ1v) is 16.6. The second-order valence-corrected chi connectivity index (χ2v) is 12.8. The second kappa shape index (κ2) is 13.8. The maximum atomic E-state index is 13.1. The third-order valence-electron chi connectivity index (χ3n) is 6.97. The molecule has 5 unspecified atom stereocenters. The number of aliphatic hydroxyl groups excluding tert-OH is 1. The normalized spacial score (nSPS) is 27.5. The van der Waals surface area contributed by atoms with Crippen LogP contribution in [0.1, 0.15) is 25.3 Å². The molecule has 22 nitrogen and oxygen atoms in total. The van der Waals surface area contributed by atoms with Gasteiger partial charge in [0, 0.05) is 12.6 Å². The molecule has 256 valence electrons. The first-order valence-electron chi connectivity index (χ1n) is 13.6. The van der Waals surface area contributed by atoms with E-state index in [1.165, 1.54) is 29.2 Å². The third-order valence-corrected chi connectivity index (χ3v) is 8.47. The van der Waals surface area contributed by atoms with Crippen molar-refractivity contribution in [2.45, 2.75) is 55.8 Å². The zero-order chi connectivity index (χ0) is 34.1. The topological polar surface area (TPSA) is 318 Å². The fourth-order valence-corrected chi connectivity index (χ4v) is 6.22. The van der Waals surface area contributed by atoms with Crippen molar-refractivity contribution in [1.29, 1.82) is 0 Å². The summed E-state index contributed by atoms with van der Waals surface area (Å²) in [6.07, 6.45) is -5.20. The predicted molar refractivity (Wildman–Crippen MR) is 154 cm³/mol. The number of nitrogen functional groups attached to an aromatic ring is 2. The van der Waals surface area contributed by atoms with Gasteiger partial charge in [-0.3, -0.25) is 27.5 Å². The highest BCUT2D eigenvalue weighted by Gasteiger charge is 2.49. The minimum absolute atomic E-state index is 0.0496. The molecule has 24 heteroatoms. The lowest BCUT2D eigenvalue weighted by atomic mass is 10.1. The third kappa shape index (κ3) is 8.08. The fraction of sp³-hybridized carbons (Fsp3) is 0.478. The number of nitrogens with two attached hydrogens (primary N) is 2. The Morgan fingerprint density at radius 3 is 2.55 bits per heavy atom. The van der Waals surface area contributed by atoms with E-state index in [0.29, 0.717) is 0 Å². The Kier molecular flexibility index (Phi) is 10.2. The lowest BCUT2D eigenvalue weighted by Gasteiger charge is -2.23. The van der Waals surface area contributed by atoms with E-state index in [2.05, 4.69) is 31.0 Å². The van der Waals surface area contributed by atoms with Crippen LogP contribution in [0.5, 0.6) is 0 Å². The smallest absolute Gasteiger partial charge is 0.456 e. The number of esters is 1. The Morgan fingerprint density at radius 1 is 1.11 bits per heavy atom. The summed E-state index contributed by atoms with van der Waals surface area (Å²) in [6, 6.07) is 1.29. The highest BCUT2D eigenvalue weighted by molar-refractivity contribution is 7.47. The molecule has 3 aromatic heterocycles. The molecular weight excluding hydrogens is 674 g/mol. The molecule has 0 radical (unpaired) electrons. The van der Waals surface area contributed by atoms with Gasteiger partial charge < -0.3 is 45.5 Å². The molecule has 0 spiro atoms. The molecule has 47 heavy (non-hydrogen) atoms. The van der Waals surface area contributed by atoms with Gasteiger partial charge in [-0.05, 0) is 6.07 Å². The van der Waals surface area contributed by atoms with Crippen LogP contribution in [0.15, 0.2) is 42.4 Å². The van der Waals surface area contributed by atoms with Crippen molar-refractivity contribution < 1.29 is 61.5 Å². The Hall–Kier alpha value is -3.66. The second-order valence-electron chi connectivity index (χ2n) is 10.2. The molecule has 2 aliphatic heterocycles. The van der Waals surface area contributed by atoms with Gasteiger partial charge in [0.25, 0.3) is 0 Å². The summed E-state index contributed by atoms with van der Waals surface area (Å²) < 4.78 is 58.6. The van der Waals surface area contributed by atoms with E-state index in [4.69, 9.17) is 44.5 Å². The number of rotatable bonds is 13. The van der Waals surface area contributed by atoms with Gasteiger partial charge in [-0.2, -0.15) is 4.98 Å². The van der Waals surface area contributed by atoms with Gasteiger partial charge in [-0.25, -0.2) is 28.9 Å². The quantitative estimate of drug-likeness (QED) is 0.0698. The number of aromatic nitrogens is 6. The number of carbonyl (C=O) groups is 1. The van der Waals surface area contributed by atoms with Crippen LogP contribution in [-0.2, 0) is 41.7 Å². The number of nitrogens with zero attached hydrogens (tertiary/aromatic N) is 6. The van der Waals surface area contributed by atoms with Gasteiger partial charge in [0.2, 0.25) is 0 Å². The van der Waals surface area contributed by atoms with E-state index >= 15 is 0 Å². The van der Waals surface area contributed by atoms with Crippen LogP contribution in [-0.4, -0.2) is 98.6 Å². The SMILES string of the molecule is C=CCC(=O)OC1C(COP(=O)(O)O[C@H]2C[C@H](n3ccc(N)nc3=O)O[C@@H]2COP(=O)(O)O)OC(n2cnc3c(N)ncnc32)C1O. The molecule has 2 fully saturated rings. The molecule has 8 N–H and O–H groups in total. The molecule has 0 bridgehead atoms. The molecule has 3 aromatic rings. The van der Waals surface area contributed by atoms with Crippen molar-refractivity contribution in [3.63, 3.8) is 0 Å². The summed E-state index contributed by atoms with van der Waals surface area (Å²) >= 11 is 0. The molecule has 2 saturated heterocycles. The number of aliphatic hydroxyl groups is 1. The zero-order valence-electron chi connectivity index (χ0n) is 24.1. The van der Waals surface area contributed by atoms with Crippen LogP contribution in [0, 0.1) is 0 Å². The molecule has 0 aliphatic carbocycles. The molecule has 5 heterocycles. The van der Waals surface area contributed by atoms with Crippen LogP contribution < -0.4 is 17.2 Å². The van der Waals surface area contributed by atoms with Crippen molar-refractivity contribution in [1.82, 2.24) is 29.1 Å². The maximum absolute atomic E-state index is 13.1. The van der Waals surface area contributed by atoms with Gasteiger partial charge in [0.1, 0.15) is 48.3 Å². The average Bonchev–Trinajstić information content (AvgIpc) is 3.67. The lowest BCUT2D eigenvalue weighted by Crippen LogP contribution is -2.38. The van der Waals surface area contributed by atoms with E-state index in [1.54, 1.807) is 0 Å². The summed E-state index contributed by atoms with van der Waals surface area (Å²) in [5.41, 5.74) is 10.9. The highest BCUT2D eigenvalue weighted by Crippen LogP contribution is 2.50. The largest absolute Gasteiger partial charge is 0.472 e. The first-order chi connectivity index (χ1) is 22.2. The number of phosphoric acid groups is 2. The van der Waals surface area contributed by atoms with Crippen molar-refractivity contribution in [3.05, 3.63) is 48.1 Å². The van der Waals surface area contributed by atoms with E-state index in [9.17, 15) is 28.7 Å². The summed E-state index contributed by atoms with van der Waals surface area (Å²) in [5, 5.41) is 11.1. The van der Waals surface area contributed by atoms with Crippen LogP contribution in [0.2, 0.25) is 0 Å². The summed E-state index contributed by atoms with van der Waals surface area (Å²) in [5.74, 6) is -0.827. The predicted octanol–water partition coefficient (Wildman–Crippen LogP) is -1.11. The number of anilines is 2. The summed E-state index contributed by atoms with van der Waals surface area (Å²) in [4.78, 5) is 69.3. The number of carbonyl (C=O) groups excluding carboxylic acids is 1. The van der Waals surface area contributed by atoms with Gasteiger partial charge in [-0.1, -0.05) is 6.08 Å². The van der Waals surface area contributed by atoms with Crippen LogP contribution >= 0.6 is 15.6 Å². The molecule has 0 saturated carbocycles. The Balaban J connectivity index is 1.32. The van der Waals surface area contributed by atoms with E-state index in [-0.39, 0.29) is 35.6 Å². The number of phosphoric ester groups is 2. The molecule has 5 rings (SSSR count). The van der Waals surface area contributed by atoms with E-state index in [0.717, 1.165) is 10.9 Å². The zero-order valence-corrected chi connectivity index (χ0v) is 25.9. The van der Waals surface area contributed by atoms with Crippen LogP contribution in [0.3, 0.4) is 0 Å². The minimum Gasteiger partial charge on any atom is -0.456 e. The number of ether oxygens (including phenoxy) is 3. The van der Waals surface area contributed by atoms with Crippen molar-refractivity contribution >= 4 is 44.4 Å². The maximum Gasteiger partial charge on any atom is 0.472 e. The van der Waals surface area contributed by atoms with E-state index in [1.807, 2.05) is 0 Å². The van der Waals surface area contributed by atoms with Gasteiger partial charge in [-0.15, -0.1) is 6.58 Å². The van der Waals surface area contributed by atoms with Gasteiger partial charge in [0.15, 0.2) is 23.8 Å². The number of hydrogen-bond acceptors (Lipinski definition) is 17. The van der Waals surface area contributed by atoms with Gasteiger partial charge in [0.05, 0.1) is 26.0 Å². The number of fused-ring (bicyclic) bond motifs is 1. The monoisotopic (exact) mass is 704 g/mol. The van der Waals surface area contributed by atoms with Crippen LogP contribution in [0.4, 0.5) is 11.6 Å². The highest BCUT2D eigenvalue weighted by atomic mass is 31.2. The Bertz CT molecular complexity index is 1780. The molecule has 8 atom stereocenters. The van der Waals surface area contributed by atoms with E-state index < -0.39 is 83.5 Å². The summed E-state index contributed by atoms with van der Waals surface area (Å²) in [6.45, 7) is 1.87. The fourth-order valence-electron chi connectivity index (χ4n) is 4.92. The number of imidazole rings is 1. The van der Waals surface area contributed by atoms with Crippen molar-refractivity contribution in [2.24, 2.45) is 0 Å². The lowest BCUT2D eigenvalue weighted by molar-refractivity contribution is -0.155.